The lowest BCUT2D eigenvalue weighted by Crippen LogP contribution is -2.17. The molecule has 110 valence electrons. The van der Waals surface area contributed by atoms with Gasteiger partial charge in [-0.25, -0.2) is 0 Å². The van der Waals surface area contributed by atoms with Crippen molar-refractivity contribution in [3.05, 3.63) is 58.6 Å². The number of halogens is 4. The van der Waals surface area contributed by atoms with Crippen LogP contribution in [-0.2, 0) is 0 Å². The molecule has 1 N–H and O–H groups in total. The molecule has 0 radical (unpaired) electrons. The molecule has 21 heavy (non-hydrogen) atoms. The second kappa shape index (κ2) is 6.17. The average Bonchev–Trinajstić information content (AvgIpc) is 2.37. The van der Waals surface area contributed by atoms with Gasteiger partial charge in [-0.15, -0.1) is 13.2 Å². The summed E-state index contributed by atoms with van der Waals surface area (Å²) in [6.07, 6.45) is -4.77. The predicted molar refractivity (Wildman–Crippen MR) is 75.2 cm³/mol. The number of benzene rings is 2. The average molecular weight is 360 g/mol. The molecule has 0 aliphatic heterocycles. The molecule has 0 bridgehead atoms. The first-order chi connectivity index (χ1) is 9.85. The lowest BCUT2D eigenvalue weighted by molar-refractivity contribution is -0.274. The van der Waals surface area contributed by atoms with Crippen LogP contribution in [0.3, 0.4) is 0 Å². The molecule has 0 fully saturated rings. The van der Waals surface area contributed by atoms with Crippen LogP contribution in [0.1, 0.15) is 10.4 Å². The normalized spacial score (nSPS) is 11.0. The summed E-state index contributed by atoms with van der Waals surface area (Å²) in [6, 6.07) is 11.8. The summed E-state index contributed by atoms with van der Waals surface area (Å²) in [6.45, 7) is 0. The van der Waals surface area contributed by atoms with Gasteiger partial charge in [0.15, 0.2) is 0 Å². The molecule has 0 spiro atoms. The number of alkyl halides is 3. The maximum absolute atomic E-state index is 12.1. The van der Waals surface area contributed by atoms with Crippen molar-refractivity contribution in [1.29, 1.82) is 0 Å². The Labute approximate surface area is 126 Å². The number of carbonyl (C=O) groups is 1. The first-order valence-corrected chi connectivity index (χ1v) is 6.56. The molecule has 0 aliphatic carbocycles. The Balaban J connectivity index is 2.15. The highest BCUT2D eigenvalue weighted by molar-refractivity contribution is 9.10. The summed E-state index contributed by atoms with van der Waals surface area (Å²) in [5.41, 5.74) is 0.581. The molecule has 0 saturated heterocycles. The van der Waals surface area contributed by atoms with Gasteiger partial charge in [0.2, 0.25) is 0 Å². The molecule has 0 aliphatic rings. The third-order valence-electron chi connectivity index (χ3n) is 2.44. The topological polar surface area (TPSA) is 38.3 Å². The highest BCUT2D eigenvalue weighted by Crippen LogP contribution is 2.25. The van der Waals surface area contributed by atoms with E-state index in [0.717, 1.165) is 12.1 Å². The monoisotopic (exact) mass is 359 g/mol. The molecule has 0 atom stereocenters. The highest BCUT2D eigenvalue weighted by Gasteiger charge is 2.31. The molecule has 3 nitrogen and oxygen atoms in total. The van der Waals surface area contributed by atoms with E-state index in [0.29, 0.717) is 10.0 Å². The number of hydrogen-bond donors (Lipinski definition) is 1. The maximum Gasteiger partial charge on any atom is 0.573 e. The molecule has 7 heteroatoms. The second-order valence-corrected chi connectivity index (χ2v) is 4.86. The Morgan fingerprint density at radius 3 is 2.48 bits per heavy atom. The van der Waals surface area contributed by atoms with Gasteiger partial charge in [0.05, 0.1) is 5.56 Å². The molecular formula is C14H9BrF3NO2. The minimum Gasteiger partial charge on any atom is -0.406 e. The van der Waals surface area contributed by atoms with Gasteiger partial charge >= 0.3 is 6.36 Å². The van der Waals surface area contributed by atoms with E-state index in [4.69, 9.17) is 0 Å². The molecule has 1 amide bonds. The third-order valence-corrected chi connectivity index (χ3v) is 3.14. The van der Waals surface area contributed by atoms with E-state index in [2.05, 4.69) is 26.0 Å². The predicted octanol–water partition coefficient (Wildman–Crippen LogP) is 4.60. The first-order valence-electron chi connectivity index (χ1n) is 5.77. The zero-order valence-corrected chi connectivity index (χ0v) is 12.0. The molecule has 0 saturated carbocycles. The van der Waals surface area contributed by atoms with Crippen LogP contribution in [0, 0.1) is 0 Å². The van der Waals surface area contributed by atoms with Gasteiger partial charge < -0.3 is 10.1 Å². The number of amides is 1. The van der Waals surface area contributed by atoms with Crippen LogP contribution in [0.25, 0.3) is 0 Å². The van der Waals surface area contributed by atoms with Crippen LogP contribution in [0.5, 0.6) is 5.75 Å². The van der Waals surface area contributed by atoms with Gasteiger partial charge in [-0.3, -0.25) is 4.79 Å². The summed E-state index contributed by atoms with van der Waals surface area (Å²) in [5, 5.41) is 2.51. The number of ether oxygens (including phenoxy) is 1. The Hall–Kier alpha value is -2.02. The quantitative estimate of drug-likeness (QED) is 0.869. The van der Waals surface area contributed by atoms with E-state index in [-0.39, 0.29) is 5.69 Å². The van der Waals surface area contributed by atoms with Crippen molar-refractivity contribution in [1.82, 2.24) is 0 Å². The SMILES string of the molecule is O=C(Nc1cccc(OC(F)(F)F)c1)c1ccccc1Br. The van der Waals surface area contributed by atoms with Crippen molar-refractivity contribution in [3.63, 3.8) is 0 Å². The maximum atomic E-state index is 12.1. The minimum absolute atomic E-state index is 0.206. The standard InChI is InChI=1S/C14H9BrF3NO2/c15-12-7-2-1-6-11(12)13(20)19-9-4-3-5-10(8-9)21-14(16,17)18/h1-8H,(H,19,20). The van der Waals surface area contributed by atoms with Gasteiger partial charge in [0, 0.05) is 16.2 Å². The van der Waals surface area contributed by atoms with Crippen molar-refractivity contribution >= 4 is 27.5 Å². The molecule has 2 rings (SSSR count). The van der Waals surface area contributed by atoms with Crippen LogP contribution in [0.15, 0.2) is 53.0 Å². The van der Waals surface area contributed by atoms with Crippen LogP contribution >= 0.6 is 15.9 Å². The van der Waals surface area contributed by atoms with E-state index in [1.807, 2.05) is 0 Å². The Kier molecular flexibility index (Phi) is 4.52. The number of rotatable bonds is 3. The van der Waals surface area contributed by atoms with E-state index < -0.39 is 18.0 Å². The largest absolute Gasteiger partial charge is 0.573 e. The van der Waals surface area contributed by atoms with Gasteiger partial charge in [0.25, 0.3) is 5.91 Å². The number of anilines is 1. The summed E-state index contributed by atoms with van der Waals surface area (Å²) in [4.78, 5) is 12.0. The Morgan fingerprint density at radius 1 is 1.10 bits per heavy atom. The van der Waals surface area contributed by atoms with Crippen LogP contribution < -0.4 is 10.1 Å². The smallest absolute Gasteiger partial charge is 0.406 e. The number of carbonyl (C=O) groups excluding carboxylic acids is 1. The van der Waals surface area contributed by atoms with Gasteiger partial charge in [0.1, 0.15) is 5.75 Å². The summed E-state index contributed by atoms with van der Waals surface area (Å²) >= 11 is 3.23. The van der Waals surface area contributed by atoms with Gasteiger partial charge in [-0.2, -0.15) is 0 Å². The highest BCUT2D eigenvalue weighted by atomic mass is 79.9. The third kappa shape index (κ3) is 4.49. The Bertz CT molecular complexity index is 659. The summed E-state index contributed by atoms with van der Waals surface area (Å²) in [5.74, 6) is -0.834. The van der Waals surface area contributed by atoms with E-state index in [9.17, 15) is 18.0 Å². The fourth-order valence-electron chi connectivity index (χ4n) is 1.61. The molecular weight excluding hydrogens is 351 g/mol. The number of nitrogens with one attached hydrogen (secondary N) is 1. The fraction of sp³-hybridized carbons (Fsp3) is 0.0714. The van der Waals surface area contributed by atoms with Gasteiger partial charge in [-0.1, -0.05) is 18.2 Å². The minimum atomic E-state index is -4.77. The summed E-state index contributed by atoms with van der Waals surface area (Å²) < 4.78 is 40.8. The molecule has 2 aromatic rings. The zero-order chi connectivity index (χ0) is 15.5. The fourth-order valence-corrected chi connectivity index (χ4v) is 2.08. The van der Waals surface area contributed by atoms with Crippen molar-refractivity contribution < 1.29 is 22.7 Å². The lowest BCUT2D eigenvalue weighted by atomic mass is 10.2. The van der Waals surface area contributed by atoms with Crippen molar-refractivity contribution in [2.24, 2.45) is 0 Å². The lowest BCUT2D eigenvalue weighted by Gasteiger charge is -2.11. The van der Waals surface area contributed by atoms with E-state index in [1.54, 1.807) is 24.3 Å². The molecule has 2 aromatic carbocycles. The van der Waals surface area contributed by atoms with Gasteiger partial charge in [-0.05, 0) is 40.2 Å². The van der Waals surface area contributed by atoms with Crippen LogP contribution in [0.2, 0.25) is 0 Å². The molecule has 0 heterocycles. The van der Waals surface area contributed by atoms with Crippen LogP contribution in [-0.4, -0.2) is 12.3 Å². The van der Waals surface area contributed by atoms with E-state index in [1.165, 1.54) is 12.1 Å². The zero-order valence-electron chi connectivity index (χ0n) is 10.4. The molecule has 0 aromatic heterocycles. The van der Waals surface area contributed by atoms with Crippen LogP contribution in [0.4, 0.5) is 18.9 Å². The van der Waals surface area contributed by atoms with Crippen molar-refractivity contribution in [3.8, 4) is 5.75 Å². The second-order valence-electron chi connectivity index (χ2n) is 4.01. The summed E-state index contributed by atoms with van der Waals surface area (Å²) in [7, 11) is 0. The van der Waals surface area contributed by atoms with Crippen molar-refractivity contribution in [2.45, 2.75) is 6.36 Å². The Morgan fingerprint density at radius 2 is 1.81 bits per heavy atom. The molecule has 0 unspecified atom stereocenters. The number of hydrogen-bond acceptors (Lipinski definition) is 2. The van der Waals surface area contributed by atoms with E-state index >= 15 is 0 Å². The first kappa shape index (κ1) is 15.4. The van der Waals surface area contributed by atoms with Crippen molar-refractivity contribution in [2.75, 3.05) is 5.32 Å².